The lowest BCUT2D eigenvalue weighted by atomic mass is 9.86. The molecule has 7 rings (SSSR count). The molecule has 34 heavy (non-hydrogen) atoms. The predicted octanol–water partition coefficient (Wildman–Crippen LogP) is 7.76. The Morgan fingerprint density at radius 1 is 0.676 bits per heavy atom. The van der Waals surface area contributed by atoms with Crippen LogP contribution >= 0.6 is 0 Å². The fourth-order valence-corrected chi connectivity index (χ4v) is 5.43. The molecule has 0 fully saturated rings. The minimum absolute atomic E-state index is 0.0296. The number of furan rings is 1. The summed E-state index contributed by atoms with van der Waals surface area (Å²) in [6.45, 7) is 0. The van der Waals surface area contributed by atoms with Crippen LogP contribution in [0.25, 0.3) is 21.9 Å². The zero-order chi connectivity index (χ0) is 22.5. The monoisotopic (exact) mass is 440 g/mol. The number of hydrogen-bond donors (Lipinski definition) is 0. The minimum Gasteiger partial charge on any atom is -0.485 e. The average Bonchev–Trinajstić information content (AvgIpc) is 3.43. The average molecular weight is 441 g/mol. The predicted molar refractivity (Wildman–Crippen MR) is 137 cm³/mol. The second-order valence-corrected chi connectivity index (χ2v) is 9.32. The van der Waals surface area contributed by atoms with E-state index in [1.165, 1.54) is 38.6 Å². The number of fused-ring (bicyclic) bond motifs is 7. The lowest BCUT2D eigenvalue weighted by Crippen LogP contribution is -2.17. The number of ether oxygens (including phenoxy) is 1. The number of hydrogen-bond acceptors (Lipinski definition) is 2. The first-order chi connectivity index (χ1) is 16.8. The first kappa shape index (κ1) is 19.4. The fraction of sp³-hybridized carbons (Fsp3) is 0.125. The third-order valence-electron chi connectivity index (χ3n) is 7.05. The molecule has 2 heteroatoms. The van der Waals surface area contributed by atoms with E-state index >= 15 is 0 Å². The Morgan fingerprint density at radius 2 is 1.44 bits per heavy atom. The number of allylic oxidation sites excluding steroid dienone is 2. The molecular weight excluding hydrogens is 416 g/mol. The Balaban J connectivity index is 1.29. The van der Waals surface area contributed by atoms with Crippen molar-refractivity contribution in [3.63, 3.8) is 0 Å². The standard InChI is InChI=1S/C32H24O2/c1-3-7-21(8-4-1)17-23-11-14-28-26(19-23)25-13-16-30-31(32(25)34-28)27-20-24(12-15-29(27)33-30)18-22-9-5-2-6-10-22/h1-16,19-20,27,29H,17-18H2. The van der Waals surface area contributed by atoms with E-state index in [2.05, 4.69) is 109 Å². The van der Waals surface area contributed by atoms with E-state index in [-0.39, 0.29) is 12.0 Å². The molecule has 0 saturated heterocycles. The van der Waals surface area contributed by atoms with Gasteiger partial charge in [-0.25, -0.2) is 0 Å². The molecule has 2 aliphatic rings. The normalized spacial score (nSPS) is 18.5. The Bertz CT molecular complexity index is 1570. The summed E-state index contributed by atoms with van der Waals surface area (Å²) in [4.78, 5) is 0. The summed E-state index contributed by atoms with van der Waals surface area (Å²) in [6, 6.07) is 32.1. The van der Waals surface area contributed by atoms with Crippen molar-refractivity contribution < 1.29 is 9.15 Å². The van der Waals surface area contributed by atoms with Crippen molar-refractivity contribution in [1.82, 2.24) is 0 Å². The summed E-state index contributed by atoms with van der Waals surface area (Å²) in [5, 5.41) is 2.34. The molecule has 2 atom stereocenters. The molecule has 2 nitrogen and oxygen atoms in total. The van der Waals surface area contributed by atoms with Gasteiger partial charge in [0.25, 0.3) is 0 Å². The highest BCUT2D eigenvalue weighted by molar-refractivity contribution is 6.07. The summed E-state index contributed by atoms with van der Waals surface area (Å²) in [6.07, 6.45) is 8.66. The summed E-state index contributed by atoms with van der Waals surface area (Å²) in [5.41, 5.74) is 8.33. The maximum Gasteiger partial charge on any atom is 0.143 e. The van der Waals surface area contributed by atoms with Crippen LogP contribution in [0.3, 0.4) is 0 Å². The molecule has 1 aliphatic carbocycles. The lowest BCUT2D eigenvalue weighted by Gasteiger charge is -2.18. The van der Waals surface area contributed by atoms with Gasteiger partial charge in [-0.05, 0) is 65.4 Å². The zero-order valence-corrected chi connectivity index (χ0v) is 18.8. The van der Waals surface area contributed by atoms with Gasteiger partial charge in [-0.15, -0.1) is 0 Å². The van der Waals surface area contributed by atoms with Crippen LogP contribution < -0.4 is 4.74 Å². The first-order valence-electron chi connectivity index (χ1n) is 11.9. The van der Waals surface area contributed by atoms with Gasteiger partial charge in [-0.3, -0.25) is 0 Å². The van der Waals surface area contributed by atoms with Crippen molar-refractivity contribution in [1.29, 1.82) is 0 Å². The van der Waals surface area contributed by atoms with Crippen molar-refractivity contribution in [3.05, 3.63) is 137 Å². The largest absolute Gasteiger partial charge is 0.485 e. The van der Waals surface area contributed by atoms with Crippen LogP contribution in [0.4, 0.5) is 0 Å². The Morgan fingerprint density at radius 3 is 2.24 bits per heavy atom. The Labute approximate surface area is 198 Å². The molecule has 2 heterocycles. The second kappa shape index (κ2) is 7.78. The zero-order valence-electron chi connectivity index (χ0n) is 18.8. The smallest absolute Gasteiger partial charge is 0.143 e. The van der Waals surface area contributed by atoms with Gasteiger partial charge in [-0.1, -0.05) is 78.9 Å². The molecular formula is C32H24O2. The van der Waals surface area contributed by atoms with Gasteiger partial charge >= 0.3 is 0 Å². The molecule has 1 aliphatic heterocycles. The van der Waals surface area contributed by atoms with Gasteiger partial charge < -0.3 is 9.15 Å². The number of benzene rings is 4. The van der Waals surface area contributed by atoms with E-state index in [1.807, 2.05) is 0 Å². The van der Waals surface area contributed by atoms with Gasteiger partial charge in [0.15, 0.2) is 0 Å². The summed E-state index contributed by atoms with van der Waals surface area (Å²) < 4.78 is 12.8. The Kier molecular flexibility index (Phi) is 4.44. The van der Waals surface area contributed by atoms with Crippen molar-refractivity contribution >= 4 is 21.9 Å². The molecule has 0 spiro atoms. The summed E-state index contributed by atoms with van der Waals surface area (Å²) >= 11 is 0. The highest BCUT2D eigenvalue weighted by atomic mass is 16.5. The maximum absolute atomic E-state index is 6.47. The molecule has 4 aromatic carbocycles. The van der Waals surface area contributed by atoms with Gasteiger partial charge in [0.2, 0.25) is 0 Å². The van der Waals surface area contributed by atoms with Crippen LogP contribution in [0, 0.1) is 0 Å². The molecule has 0 bridgehead atoms. The van der Waals surface area contributed by atoms with Gasteiger partial charge in [0, 0.05) is 16.3 Å². The van der Waals surface area contributed by atoms with Crippen molar-refractivity contribution in [2.24, 2.45) is 0 Å². The fourth-order valence-electron chi connectivity index (χ4n) is 5.43. The highest BCUT2D eigenvalue weighted by Crippen LogP contribution is 2.48. The molecule has 0 amide bonds. The van der Waals surface area contributed by atoms with Crippen LogP contribution in [0.1, 0.15) is 28.2 Å². The van der Waals surface area contributed by atoms with E-state index in [0.29, 0.717) is 0 Å². The van der Waals surface area contributed by atoms with E-state index < -0.39 is 0 Å². The van der Waals surface area contributed by atoms with E-state index in [1.54, 1.807) is 0 Å². The number of rotatable bonds is 4. The SMILES string of the molecule is C1=CC2Oc3ccc4c(oc5ccc(Cc6ccccc6)cc54)c3C2C=C1Cc1ccccc1. The van der Waals surface area contributed by atoms with E-state index in [4.69, 9.17) is 9.15 Å². The van der Waals surface area contributed by atoms with Gasteiger partial charge in [-0.2, -0.15) is 0 Å². The molecule has 0 N–H and O–H groups in total. The second-order valence-electron chi connectivity index (χ2n) is 9.32. The van der Waals surface area contributed by atoms with Gasteiger partial charge in [0.1, 0.15) is 23.0 Å². The quantitative estimate of drug-likeness (QED) is 0.285. The van der Waals surface area contributed by atoms with Crippen LogP contribution in [0.15, 0.2) is 119 Å². The molecule has 1 aromatic heterocycles. The minimum atomic E-state index is 0.0296. The van der Waals surface area contributed by atoms with Crippen LogP contribution in [-0.4, -0.2) is 6.10 Å². The summed E-state index contributed by atoms with van der Waals surface area (Å²) in [7, 11) is 0. The van der Waals surface area contributed by atoms with E-state index in [9.17, 15) is 0 Å². The first-order valence-corrected chi connectivity index (χ1v) is 11.9. The van der Waals surface area contributed by atoms with Gasteiger partial charge in [0.05, 0.1) is 5.92 Å². The van der Waals surface area contributed by atoms with Crippen molar-refractivity contribution in [2.45, 2.75) is 24.9 Å². The molecule has 164 valence electrons. The molecule has 5 aromatic rings. The van der Waals surface area contributed by atoms with Crippen LogP contribution in [0.5, 0.6) is 5.75 Å². The van der Waals surface area contributed by atoms with Crippen molar-refractivity contribution in [2.75, 3.05) is 0 Å². The Hall–Kier alpha value is -4.04. The van der Waals surface area contributed by atoms with E-state index in [0.717, 1.165) is 29.8 Å². The maximum atomic E-state index is 6.47. The van der Waals surface area contributed by atoms with Crippen LogP contribution in [0.2, 0.25) is 0 Å². The molecule has 2 unspecified atom stereocenters. The highest BCUT2D eigenvalue weighted by Gasteiger charge is 2.36. The third-order valence-corrected chi connectivity index (χ3v) is 7.05. The molecule has 0 radical (unpaired) electrons. The van der Waals surface area contributed by atoms with Crippen LogP contribution in [-0.2, 0) is 12.8 Å². The topological polar surface area (TPSA) is 22.4 Å². The molecule has 0 saturated carbocycles. The lowest BCUT2D eigenvalue weighted by molar-refractivity contribution is 0.268. The van der Waals surface area contributed by atoms with Crippen molar-refractivity contribution in [3.8, 4) is 5.75 Å². The third kappa shape index (κ3) is 3.26. The summed E-state index contributed by atoms with van der Waals surface area (Å²) in [5.74, 6) is 1.11.